The Kier molecular flexibility index (Phi) is 3.83. The van der Waals surface area contributed by atoms with Crippen LogP contribution in [0.4, 0.5) is 5.69 Å². The summed E-state index contributed by atoms with van der Waals surface area (Å²) in [6.07, 6.45) is 6.23. The fourth-order valence-corrected chi connectivity index (χ4v) is 3.61. The predicted octanol–water partition coefficient (Wildman–Crippen LogP) is 3.98. The van der Waals surface area contributed by atoms with Gasteiger partial charge >= 0.3 is 0 Å². The number of thiazole rings is 1. The normalized spacial score (nSPS) is 14.2. The highest BCUT2D eigenvalue weighted by atomic mass is 32.1. The summed E-state index contributed by atoms with van der Waals surface area (Å²) in [5.74, 6) is 0. The predicted molar refractivity (Wildman–Crippen MR) is 82.1 cm³/mol. The van der Waals surface area contributed by atoms with E-state index in [0.717, 1.165) is 13.0 Å². The maximum Gasteiger partial charge on any atom is 0.0797 e. The minimum Gasteiger partial charge on any atom is -0.384 e. The van der Waals surface area contributed by atoms with Gasteiger partial charge in [-0.2, -0.15) is 0 Å². The fourth-order valence-electron chi connectivity index (χ4n) is 2.82. The van der Waals surface area contributed by atoms with E-state index in [1.807, 2.05) is 5.51 Å². The van der Waals surface area contributed by atoms with Crippen LogP contribution in [0.5, 0.6) is 0 Å². The van der Waals surface area contributed by atoms with Crippen LogP contribution >= 0.6 is 11.3 Å². The highest BCUT2D eigenvalue weighted by Gasteiger charge is 2.12. The third-order valence-electron chi connectivity index (χ3n) is 3.91. The van der Waals surface area contributed by atoms with Crippen molar-refractivity contribution >= 4 is 17.0 Å². The van der Waals surface area contributed by atoms with E-state index in [1.54, 1.807) is 22.5 Å². The standard InChI is InChI=1S/C16H20N2S/c1-12-16(19-11-18-12)9-10-17-15-8-4-6-13-5-2-3-7-14(13)15/h4,6,8,11,17H,2-3,5,7,9-10H2,1H3. The summed E-state index contributed by atoms with van der Waals surface area (Å²) in [6, 6.07) is 6.70. The summed E-state index contributed by atoms with van der Waals surface area (Å²) in [5.41, 5.74) is 7.57. The summed E-state index contributed by atoms with van der Waals surface area (Å²) >= 11 is 1.76. The van der Waals surface area contributed by atoms with Crippen molar-refractivity contribution in [3.05, 3.63) is 45.4 Å². The van der Waals surface area contributed by atoms with E-state index < -0.39 is 0 Å². The number of anilines is 1. The number of benzene rings is 1. The van der Waals surface area contributed by atoms with Crippen molar-refractivity contribution in [2.24, 2.45) is 0 Å². The van der Waals surface area contributed by atoms with Gasteiger partial charge in [-0.05, 0) is 49.8 Å². The number of hydrogen-bond donors (Lipinski definition) is 1. The van der Waals surface area contributed by atoms with Crippen molar-refractivity contribution in [1.29, 1.82) is 0 Å². The molecule has 1 heterocycles. The van der Waals surface area contributed by atoms with Gasteiger partial charge in [0.05, 0.1) is 11.2 Å². The molecular weight excluding hydrogens is 252 g/mol. The second-order valence-corrected chi connectivity index (χ2v) is 6.13. The molecule has 0 spiro atoms. The first kappa shape index (κ1) is 12.7. The number of hydrogen-bond acceptors (Lipinski definition) is 3. The van der Waals surface area contributed by atoms with Crippen LogP contribution in [0.3, 0.4) is 0 Å². The lowest BCUT2D eigenvalue weighted by Gasteiger charge is -2.20. The molecule has 100 valence electrons. The first-order valence-electron chi connectivity index (χ1n) is 7.08. The van der Waals surface area contributed by atoms with Crippen LogP contribution in [-0.2, 0) is 19.3 Å². The molecule has 19 heavy (non-hydrogen) atoms. The average molecular weight is 272 g/mol. The van der Waals surface area contributed by atoms with Crippen LogP contribution in [0.15, 0.2) is 23.7 Å². The van der Waals surface area contributed by atoms with E-state index >= 15 is 0 Å². The average Bonchev–Trinajstić information content (AvgIpc) is 2.85. The molecule has 2 nitrogen and oxygen atoms in total. The molecule has 0 radical (unpaired) electrons. The highest BCUT2D eigenvalue weighted by Crippen LogP contribution is 2.27. The number of aromatic nitrogens is 1. The summed E-state index contributed by atoms with van der Waals surface area (Å²) in [7, 11) is 0. The maximum absolute atomic E-state index is 4.30. The lowest BCUT2D eigenvalue weighted by Crippen LogP contribution is -2.10. The molecule has 1 aliphatic rings. The SMILES string of the molecule is Cc1ncsc1CCNc1cccc2c1CCCC2. The summed E-state index contributed by atoms with van der Waals surface area (Å²) in [5, 5.41) is 3.62. The Morgan fingerprint density at radius 1 is 1.26 bits per heavy atom. The first-order valence-corrected chi connectivity index (χ1v) is 7.96. The monoisotopic (exact) mass is 272 g/mol. The summed E-state index contributed by atoms with van der Waals surface area (Å²) < 4.78 is 0. The van der Waals surface area contributed by atoms with E-state index in [1.165, 1.54) is 41.9 Å². The molecule has 0 saturated heterocycles. The van der Waals surface area contributed by atoms with Gasteiger partial charge in [-0.1, -0.05) is 12.1 Å². The molecular formula is C16H20N2S. The summed E-state index contributed by atoms with van der Waals surface area (Å²) in [6.45, 7) is 3.09. The Balaban J connectivity index is 1.66. The highest BCUT2D eigenvalue weighted by molar-refractivity contribution is 7.09. The Morgan fingerprint density at radius 3 is 3.00 bits per heavy atom. The van der Waals surface area contributed by atoms with Crippen LogP contribution in [0.2, 0.25) is 0 Å². The molecule has 3 heteroatoms. The van der Waals surface area contributed by atoms with E-state index in [0.29, 0.717) is 0 Å². The Labute approximate surface area is 118 Å². The van der Waals surface area contributed by atoms with E-state index in [4.69, 9.17) is 0 Å². The van der Waals surface area contributed by atoms with Crippen molar-refractivity contribution in [3.63, 3.8) is 0 Å². The van der Waals surface area contributed by atoms with Gasteiger partial charge in [-0.25, -0.2) is 4.98 Å². The fraction of sp³-hybridized carbons (Fsp3) is 0.438. The molecule has 0 unspecified atom stereocenters. The molecule has 2 aromatic rings. The van der Waals surface area contributed by atoms with Crippen molar-refractivity contribution in [2.75, 3.05) is 11.9 Å². The zero-order valence-electron chi connectivity index (χ0n) is 11.4. The van der Waals surface area contributed by atoms with Crippen LogP contribution < -0.4 is 5.32 Å². The first-order chi connectivity index (χ1) is 9.34. The van der Waals surface area contributed by atoms with E-state index in [9.17, 15) is 0 Å². The van der Waals surface area contributed by atoms with Crippen molar-refractivity contribution in [2.45, 2.75) is 39.0 Å². The molecule has 1 aromatic heterocycles. The second-order valence-electron chi connectivity index (χ2n) is 5.19. The zero-order chi connectivity index (χ0) is 13.1. The Bertz CT molecular complexity index is 560. The van der Waals surface area contributed by atoms with Crippen molar-refractivity contribution in [3.8, 4) is 0 Å². The lowest BCUT2D eigenvalue weighted by molar-refractivity contribution is 0.686. The number of nitrogens with one attached hydrogen (secondary N) is 1. The van der Waals surface area contributed by atoms with E-state index in [2.05, 4.69) is 35.4 Å². The van der Waals surface area contributed by atoms with E-state index in [-0.39, 0.29) is 0 Å². The van der Waals surface area contributed by atoms with Crippen LogP contribution in [0.1, 0.15) is 34.5 Å². The van der Waals surface area contributed by atoms with Gasteiger partial charge in [0.2, 0.25) is 0 Å². The largest absolute Gasteiger partial charge is 0.384 e. The molecule has 3 rings (SSSR count). The molecule has 1 N–H and O–H groups in total. The van der Waals surface area contributed by atoms with Crippen LogP contribution in [-0.4, -0.2) is 11.5 Å². The Hall–Kier alpha value is -1.35. The van der Waals surface area contributed by atoms with Gasteiger partial charge in [-0.3, -0.25) is 0 Å². The molecule has 1 aliphatic carbocycles. The topological polar surface area (TPSA) is 24.9 Å². The second kappa shape index (κ2) is 5.74. The minimum atomic E-state index is 0.999. The van der Waals surface area contributed by atoms with Crippen molar-refractivity contribution < 1.29 is 0 Å². The van der Waals surface area contributed by atoms with Gasteiger partial charge in [0, 0.05) is 23.5 Å². The molecule has 0 fully saturated rings. The molecule has 0 aliphatic heterocycles. The van der Waals surface area contributed by atoms with Gasteiger partial charge in [0.15, 0.2) is 0 Å². The lowest BCUT2D eigenvalue weighted by atomic mass is 9.90. The third-order valence-corrected chi connectivity index (χ3v) is 4.90. The molecule has 1 aromatic carbocycles. The minimum absolute atomic E-state index is 0.999. The molecule has 0 saturated carbocycles. The van der Waals surface area contributed by atoms with Crippen molar-refractivity contribution in [1.82, 2.24) is 4.98 Å². The number of rotatable bonds is 4. The Morgan fingerprint density at radius 2 is 2.16 bits per heavy atom. The third kappa shape index (κ3) is 2.81. The van der Waals surface area contributed by atoms with Crippen LogP contribution in [0.25, 0.3) is 0 Å². The number of aryl methyl sites for hydroxylation is 2. The quantitative estimate of drug-likeness (QED) is 0.910. The van der Waals surface area contributed by atoms with Gasteiger partial charge in [0.25, 0.3) is 0 Å². The molecule has 0 atom stereocenters. The van der Waals surface area contributed by atoms with Gasteiger partial charge < -0.3 is 5.32 Å². The zero-order valence-corrected chi connectivity index (χ0v) is 12.2. The maximum atomic E-state index is 4.30. The van der Waals surface area contributed by atoms with Gasteiger partial charge in [-0.15, -0.1) is 11.3 Å². The number of fused-ring (bicyclic) bond motifs is 1. The van der Waals surface area contributed by atoms with Crippen LogP contribution in [0, 0.1) is 6.92 Å². The number of nitrogens with zero attached hydrogens (tertiary/aromatic N) is 1. The molecule has 0 amide bonds. The smallest absolute Gasteiger partial charge is 0.0797 e. The summed E-state index contributed by atoms with van der Waals surface area (Å²) in [4.78, 5) is 5.70. The van der Waals surface area contributed by atoms with Gasteiger partial charge in [0.1, 0.15) is 0 Å². The molecule has 0 bridgehead atoms.